The average Bonchev–Trinajstić information content (AvgIpc) is 3.64. The normalized spacial score (nSPS) is 11.8. The molecule has 0 spiro atoms. The van der Waals surface area contributed by atoms with Gasteiger partial charge in [-0.1, -0.05) is 103 Å². The first-order chi connectivity index (χ1) is 20.8. The van der Waals surface area contributed by atoms with E-state index < -0.39 is 0 Å². The molecule has 0 aliphatic carbocycles. The van der Waals surface area contributed by atoms with Gasteiger partial charge in [-0.15, -0.1) is 0 Å². The first-order valence-electron chi connectivity index (χ1n) is 14.5. The van der Waals surface area contributed by atoms with Crippen LogP contribution in [0.15, 0.2) is 158 Å². The lowest BCUT2D eigenvalue weighted by atomic mass is 9.93. The van der Waals surface area contributed by atoms with E-state index in [0.29, 0.717) is 0 Å². The van der Waals surface area contributed by atoms with E-state index in [9.17, 15) is 0 Å². The third kappa shape index (κ3) is 3.33. The number of hydrogen-bond donors (Lipinski definition) is 0. The Morgan fingerprint density at radius 3 is 1.98 bits per heavy atom. The molecule has 0 N–H and O–H groups in total. The molecule has 0 aliphatic rings. The van der Waals surface area contributed by atoms with Crippen LogP contribution < -0.4 is 0 Å². The molecule has 2 aromatic heterocycles. The fourth-order valence-corrected chi connectivity index (χ4v) is 6.86. The predicted octanol–water partition coefficient (Wildman–Crippen LogP) is 10.7. The molecule has 2 heteroatoms. The SMILES string of the molecule is c1ccc(-n2ccc3c2ccc2c4ccccc4n(-c4cccc(-c5cc6ccccc6c6ccccc56)c4)c23)cc1. The maximum Gasteiger partial charge on any atom is 0.0635 e. The molecule has 0 atom stereocenters. The van der Waals surface area contributed by atoms with Crippen molar-refractivity contribution >= 4 is 54.3 Å². The first-order valence-corrected chi connectivity index (χ1v) is 14.5. The molecule has 0 amide bonds. The van der Waals surface area contributed by atoms with Crippen molar-refractivity contribution < 1.29 is 0 Å². The minimum Gasteiger partial charge on any atom is -0.316 e. The lowest BCUT2D eigenvalue weighted by molar-refractivity contribution is 1.13. The van der Waals surface area contributed by atoms with Crippen LogP contribution in [-0.2, 0) is 0 Å². The van der Waals surface area contributed by atoms with E-state index in [1.54, 1.807) is 0 Å². The summed E-state index contributed by atoms with van der Waals surface area (Å²) in [6.07, 6.45) is 2.19. The van der Waals surface area contributed by atoms with Crippen LogP contribution in [0.1, 0.15) is 0 Å². The van der Waals surface area contributed by atoms with Gasteiger partial charge in [-0.25, -0.2) is 0 Å². The summed E-state index contributed by atoms with van der Waals surface area (Å²) in [6, 6.07) is 55.0. The minimum atomic E-state index is 1.16. The van der Waals surface area contributed by atoms with E-state index >= 15 is 0 Å². The van der Waals surface area contributed by atoms with Crippen molar-refractivity contribution in [1.29, 1.82) is 0 Å². The number of hydrogen-bond acceptors (Lipinski definition) is 0. The fraction of sp³-hybridized carbons (Fsp3) is 0. The maximum atomic E-state index is 2.45. The highest BCUT2D eigenvalue weighted by atomic mass is 15.0. The second kappa shape index (κ2) is 8.95. The molecule has 196 valence electrons. The molecular weight excluding hydrogens is 508 g/mol. The maximum absolute atomic E-state index is 2.45. The van der Waals surface area contributed by atoms with Gasteiger partial charge in [0.2, 0.25) is 0 Å². The second-order valence-electron chi connectivity index (χ2n) is 11.0. The number of fused-ring (bicyclic) bond motifs is 8. The van der Waals surface area contributed by atoms with E-state index in [-0.39, 0.29) is 0 Å². The summed E-state index contributed by atoms with van der Waals surface area (Å²) in [4.78, 5) is 0. The quantitative estimate of drug-likeness (QED) is 0.200. The Kier molecular flexibility index (Phi) is 4.93. The molecule has 2 heterocycles. The van der Waals surface area contributed by atoms with Crippen LogP contribution >= 0.6 is 0 Å². The van der Waals surface area contributed by atoms with Gasteiger partial charge in [0.25, 0.3) is 0 Å². The van der Waals surface area contributed by atoms with E-state index in [1.165, 1.54) is 71.1 Å². The fourth-order valence-electron chi connectivity index (χ4n) is 6.86. The summed E-state index contributed by atoms with van der Waals surface area (Å²) in [6.45, 7) is 0. The van der Waals surface area contributed by atoms with Gasteiger partial charge in [0.15, 0.2) is 0 Å². The van der Waals surface area contributed by atoms with Gasteiger partial charge in [-0.2, -0.15) is 0 Å². The van der Waals surface area contributed by atoms with Gasteiger partial charge >= 0.3 is 0 Å². The van der Waals surface area contributed by atoms with Gasteiger partial charge in [-0.3, -0.25) is 0 Å². The number of para-hydroxylation sites is 2. The zero-order valence-electron chi connectivity index (χ0n) is 22.9. The summed E-state index contributed by atoms with van der Waals surface area (Å²) in [5.41, 5.74) is 8.46. The summed E-state index contributed by atoms with van der Waals surface area (Å²) in [5.74, 6) is 0. The molecule has 42 heavy (non-hydrogen) atoms. The van der Waals surface area contributed by atoms with Crippen LogP contribution in [-0.4, -0.2) is 9.13 Å². The average molecular weight is 535 g/mol. The van der Waals surface area contributed by atoms with Gasteiger partial charge in [0, 0.05) is 33.7 Å². The Morgan fingerprint density at radius 1 is 0.381 bits per heavy atom. The Morgan fingerprint density at radius 2 is 1.10 bits per heavy atom. The third-order valence-corrected chi connectivity index (χ3v) is 8.72. The molecule has 2 nitrogen and oxygen atoms in total. The molecule has 0 saturated carbocycles. The summed E-state index contributed by atoms with van der Waals surface area (Å²) < 4.78 is 4.74. The number of nitrogens with zero attached hydrogens (tertiary/aromatic N) is 2. The van der Waals surface area contributed by atoms with Crippen LogP contribution in [0.25, 0.3) is 76.8 Å². The van der Waals surface area contributed by atoms with Crippen molar-refractivity contribution in [2.45, 2.75) is 0 Å². The Bertz CT molecular complexity index is 2460. The van der Waals surface area contributed by atoms with Crippen molar-refractivity contribution in [2.75, 3.05) is 0 Å². The smallest absolute Gasteiger partial charge is 0.0635 e. The molecule has 0 unspecified atom stereocenters. The van der Waals surface area contributed by atoms with Crippen LogP contribution in [0.2, 0.25) is 0 Å². The van der Waals surface area contributed by atoms with Gasteiger partial charge in [0.1, 0.15) is 0 Å². The monoisotopic (exact) mass is 534 g/mol. The van der Waals surface area contributed by atoms with Crippen molar-refractivity contribution in [3.05, 3.63) is 158 Å². The first kappa shape index (κ1) is 23.1. The third-order valence-electron chi connectivity index (χ3n) is 8.72. The highest BCUT2D eigenvalue weighted by Crippen LogP contribution is 2.40. The van der Waals surface area contributed by atoms with E-state index in [4.69, 9.17) is 0 Å². The number of rotatable bonds is 3. The molecule has 0 saturated heterocycles. The Hall–Kier alpha value is -5.60. The van der Waals surface area contributed by atoms with Crippen molar-refractivity contribution in [3.8, 4) is 22.5 Å². The van der Waals surface area contributed by atoms with E-state index in [2.05, 4.69) is 167 Å². The molecule has 7 aromatic carbocycles. The number of benzene rings is 7. The molecule has 0 radical (unpaired) electrons. The van der Waals surface area contributed by atoms with Gasteiger partial charge < -0.3 is 9.13 Å². The molecule has 9 rings (SSSR count). The highest BCUT2D eigenvalue weighted by molar-refractivity contribution is 6.19. The van der Waals surface area contributed by atoms with Crippen LogP contribution in [0.3, 0.4) is 0 Å². The van der Waals surface area contributed by atoms with Gasteiger partial charge in [-0.05, 0) is 81.2 Å². The van der Waals surface area contributed by atoms with Crippen molar-refractivity contribution in [2.24, 2.45) is 0 Å². The van der Waals surface area contributed by atoms with Gasteiger partial charge in [0.05, 0.1) is 16.6 Å². The van der Waals surface area contributed by atoms with Crippen LogP contribution in [0.4, 0.5) is 0 Å². The molecule has 0 fully saturated rings. The molecule has 0 aliphatic heterocycles. The molecule has 0 bridgehead atoms. The van der Waals surface area contributed by atoms with Crippen molar-refractivity contribution in [1.82, 2.24) is 9.13 Å². The highest BCUT2D eigenvalue weighted by Gasteiger charge is 2.17. The molecular formula is C40H26N2. The largest absolute Gasteiger partial charge is 0.316 e. The summed E-state index contributed by atoms with van der Waals surface area (Å²) >= 11 is 0. The Balaban J connectivity index is 1.34. The minimum absolute atomic E-state index is 1.16. The van der Waals surface area contributed by atoms with E-state index in [0.717, 1.165) is 5.69 Å². The zero-order chi connectivity index (χ0) is 27.6. The molecule has 9 aromatic rings. The van der Waals surface area contributed by atoms with Crippen LogP contribution in [0, 0.1) is 0 Å². The topological polar surface area (TPSA) is 9.86 Å². The van der Waals surface area contributed by atoms with Crippen molar-refractivity contribution in [3.63, 3.8) is 0 Å². The lowest BCUT2D eigenvalue weighted by Gasteiger charge is -2.14. The summed E-state index contributed by atoms with van der Waals surface area (Å²) in [7, 11) is 0. The van der Waals surface area contributed by atoms with Crippen LogP contribution in [0.5, 0.6) is 0 Å². The summed E-state index contributed by atoms with van der Waals surface area (Å²) in [5, 5.41) is 8.90. The standard InChI is InChI=1S/C40H26N2/c1-2-13-29(14-3-1)41-24-23-36-38(41)22-21-35-34-19-8-9-20-39(34)42(40(35)36)30-15-10-12-27(25-30)37-26-28-11-4-5-16-31(28)32-17-6-7-18-33(32)37/h1-26H. The Labute approximate surface area is 243 Å². The predicted molar refractivity (Wildman–Crippen MR) is 178 cm³/mol. The lowest BCUT2D eigenvalue weighted by Crippen LogP contribution is -1.96. The second-order valence-corrected chi connectivity index (χ2v) is 11.0. The number of aromatic nitrogens is 2. The van der Waals surface area contributed by atoms with E-state index in [1.807, 2.05) is 0 Å². The zero-order valence-corrected chi connectivity index (χ0v) is 22.9.